The van der Waals surface area contributed by atoms with Gasteiger partial charge in [-0.05, 0) is 103 Å². The smallest absolute Gasteiger partial charge is 0.338 e. The van der Waals surface area contributed by atoms with Gasteiger partial charge in [0.25, 0.3) is 0 Å². The minimum absolute atomic E-state index is 0.0154. The van der Waals surface area contributed by atoms with Crippen molar-refractivity contribution in [2.45, 2.75) is 84.8 Å². The van der Waals surface area contributed by atoms with Gasteiger partial charge < -0.3 is 33.9 Å². The summed E-state index contributed by atoms with van der Waals surface area (Å²) in [6.45, 7) is 11.5. The number of carboxylic acids is 1. The molecule has 6 aliphatic carbocycles. The van der Waals surface area contributed by atoms with Gasteiger partial charge in [0.05, 0.1) is 43.3 Å². The van der Waals surface area contributed by atoms with E-state index in [1.807, 2.05) is 65.8 Å². The fourth-order valence-corrected chi connectivity index (χ4v) is 8.52. The summed E-state index contributed by atoms with van der Waals surface area (Å²) in [7, 11) is 1.30. The van der Waals surface area contributed by atoms with Crippen LogP contribution in [0.15, 0.2) is 48.6 Å². The van der Waals surface area contributed by atoms with Crippen molar-refractivity contribution in [3.8, 4) is 0 Å². The molecule has 1 heterocycles. The fraction of sp³-hybridized carbons (Fsp3) is 0.643. The Morgan fingerprint density at radius 2 is 1.09 bits per heavy atom. The average Bonchev–Trinajstić information content (AvgIpc) is 3.98. The molecule has 0 aromatic carbocycles. The van der Waals surface area contributed by atoms with E-state index in [1.54, 1.807) is 0 Å². The highest BCUT2D eigenvalue weighted by Gasteiger charge is 2.54. The minimum atomic E-state index is -0.891. The van der Waals surface area contributed by atoms with Crippen molar-refractivity contribution >= 4 is 41.8 Å². The predicted molar refractivity (Wildman–Crippen MR) is 199 cm³/mol. The maximum Gasteiger partial charge on any atom is 0.338 e. The van der Waals surface area contributed by atoms with Crippen molar-refractivity contribution in [3.05, 3.63) is 48.6 Å². The van der Waals surface area contributed by atoms with Crippen LogP contribution in [0.3, 0.4) is 0 Å². The molecular formula is C42H56O14. The van der Waals surface area contributed by atoms with E-state index in [0.717, 1.165) is 37.8 Å². The van der Waals surface area contributed by atoms with Crippen molar-refractivity contribution in [2.24, 2.45) is 65.1 Å². The first-order chi connectivity index (χ1) is 26.2. The van der Waals surface area contributed by atoms with Crippen LogP contribution in [0.2, 0.25) is 0 Å². The van der Waals surface area contributed by atoms with Gasteiger partial charge in [-0.15, -0.1) is 0 Å². The second-order valence-corrected chi connectivity index (χ2v) is 17.1. The van der Waals surface area contributed by atoms with E-state index in [2.05, 4.69) is 21.6 Å². The second-order valence-electron chi connectivity index (χ2n) is 17.1. The zero-order chi connectivity index (χ0) is 41.5. The first-order valence-corrected chi connectivity index (χ1v) is 19.3. The highest BCUT2D eigenvalue weighted by atomic mass is 16.6. The number of hydrogen-bond donors (Lipinski definition) is 2. The number of cyclic esters (lactones) is 2. The van der Waals surface area contributed by atoms with Crippen LogP contribution >= 0.6 is 0 Å². The number of allylic oxidation sites excluding steroid dienone is 6. The lowest BCUT2D eigenvalue weighted by atomic mass is 9.83. The number of carboxylic acid groups (broad SMARTS) is 1. The van der Waals surface area contributed by atoms with E-state index in [9.17, 15) is 33.6 Å². The van der Waals surface area contributed by atoms with Gasteiger partial charge in [-0.3, -0.25) is 24.0 Å². The van der Waals surface area contributed by atoms with Gasteiger partial charge in [-0.25, -0.2) is 9.59 Å². The Bertz CT molecular complexity index is 1570. The van der Waals surface area contributed by atoms with Crippen molar-refractivity contribution in [1.82, 2.24) is 0 Å². The Morgan fingerprint density at radius 3 is 1.43 bits per heavy atom. The quantitative estimate of drug-likeness (QED) is 0.114. The third-order valence-corrected chi connectivity index (χ3v) is 10.7. The average molecular weight is 785 g/mol. The highest BCUT2D eigenvalue weighted by molar-refractivity contribution is 6.04. The summed E-state index contributed by atoms with van der Waals surface area (Å²) >= 11 is 0. The normalized spacial score (nSPS) is 32.0. The number of methoxy groups -OCH3 is 1. The van der Waals surface area contributed by atoms with Crippen molar-refractivity contribution in [1.29, 1.82) is 0 Å². The molecule has 308 valence electrons. The van der Waals surface area contributed by atoms with Crippen molar-refractivity contribution in [2.75, 3.05) is 20.3 Å². The zero-order valence-electron chi connectivity index (χ0n) is 33.2. The van der Waals surface area contributed by atoms with Crippen LogP contribution < -0.4 is 0 Å². The molecule has 0 aromatic heterocycles. The van der Waals surface area contributed by atoms with Gasteiger partial charge in [-0.2, -0.15) is 0 Å². The van der Waals surface area contributed by atoms with Crippen LogP contribution in [0.25, 0.3) is 0 Å². The van der Waals surface area contributed by atoms with E-state index in [4.69, 9.17) is 24.4 Å². The summed E-state index contributed by atoms with van der Waals surface area (Å²) in [6.07, 6.45) is 18.7. The molecule has 1 aliphatic heterocycles. The largest absolute Gasteiger partial charge is 0.481 e. The number of fused-ring (bicyclic) bond motifs is 6. The van der Waals surface area contributed by atoms with Crippen LogP contribution in [0.5, 0.6) is 0 Å². The molecule has 7 aliphatic rings. The molecule has 0 aromatic rings. The summed E-state index contributed by atoms with van der Waals surface area (Å²) < 4.78 is 24.7. The number of aliphatic hydroxyl groups is 1. The molecule has 0 radical (unpaired) electrons. The molecule has 7 rings (SSSR count). The van der Waals surface area contributed by atoms with Gasteiger partial charge >= 0.3 is 41.8 Å². The maximum atomic E-state index is 12.5. The molecule has 11 atom stereocenters. The van der Waals surface area contributed by atoms with Gasteiger partial charge in [0.1, 0.15) is 11.2 Å². The Labute approximate surface area is 327 Å². The first kappa shape index (κ1) is 44.1. The Morgan fingerprint density at radius 1 is 0.643 bits per heavy atom. The summed E-state index contributed by atoms with van der Waals surface area (Å²) in [5, 5.41) is 17.6. The number of carbonyl (C=O) groups is 7. The number of carbonyl (C=O) groups excluding carboxylic acids is 6. The fourth-order valence-electron chi connectivity index (χ4n) is 8.52. The van der Waals surface area contributed by atoms with E-state index >= 15 is 0 Å². The Hall–Kier alpha value is -4.59. The van der Waals surface area contributed by atoms with Crippen LogP contribution in [0.1, 0.15) is 73.6 Å². The van der Waals surface area contributed by atoms with E-state index in [0.29, 0.717) is 24.9 Å². The van der Waals surface area contributed by atoms with Crippen molar-refractivity contribution in [3.63, 3.8) is 0 Å². The monoisotopic (exact) mass is 784 g/mol. The number of aliphatic hydroxyl groups excluding tert-OH is 1. The molecule has 14 nitrogen and oxygen atoms in total. The number of esters is 6. The topological polar surface area (TPSA) is 206 Å². The van der Waals surface area contributed by atoms with E-state index in [-0.39, 0.29) is 54.1 Å². The SMILES string of the molecule is CC(C)(C)OC(=O)C1C2C=CC(C2)C1C(=O)OC(C)(C)C.COC(=O)C1C2C=CC(C2)C1C(=O)O.O=C(OCCCO)C1CC2C=CC1C2.O=C1C=CC(=O)O1. The summed E-state index contributed by atoms with van der Waals surface area (Å²) in [5.41, 5.74) is -1.08. The molecule has 0 saturated heterocycles. The van der Waals surface area contributed by atoms with Gasteiger partial charge in [0.15, 0.2) is 0 Å². The Kier molecular flexibility index (Phi) is 14.6. The van der Waals surface area contributed by atoms with Crippen LogP contribution in [0.4, 0.5) is 0 Å². The molecule has 14 heteroatoms. The van der Waals surface area contributed by atoms with Crippen LogP contribution in [-0.4, -0.2) is 83.5 Å². The van der Waals surface area contributed by atoms with Crippen LogP contribution in [0, 0.1) is 65.1 Å². The summed E-state index contributed by atoms with van der Waals surface area (Å²) in [6, 6.07) is 0. The number of aliphatic carboxylic acids is 1. The maximum absolute atomic E-state index is 12.5. The summed E-state index contributed by atoms with van der Waals surface area (Å²) in [5.74, 6) is -3.57. The molecule has 0 amide bonds. The molecule has 56 heavy (non-hydrogen) atoms. The first-order valence-electron chi connectivity index (χ1n) is 19.3. The third-order valence-electron chi connectivity index (χ3n) is 10.7. The highest BCUT2D eigenvalue weighted by Crippen LogP contribution is 2.50. The minimum Gasteiger partial charge on any atom is -0.481 e. The molecule has 3 fully saturated rings. The number of rotatable bonds is 8. The zero-order valence-corrected chi connectivity index (χ0v) is 33.2. The Balaban J connectivity index is 0.000000175. The number of hydrogen-bond acceptors (Lipinski definition) is 13. The third kappa shape index (κ3) is 11.5. The van der Waals surface area contributed by atoms with Gasteiger partial charge in [0, 0.05) is 25.2 Å². The van der Waals surface area contributed by atoms with Crippen molar-refractivity contribution < 1.29 is 67.5 Å². The standard InChI is InChI=1S/C17H26O4.C11H16O3.C10H12O4.C4H2O3/c1-16(2,3)20-14(18)12-10-7-8-11(9-10)13(12)15(19)21-17(4,5)6;12-4-1-5-14-11(13)10-7-8-2-3-9(10)6-8;1-14-10(13)8-6-3-2-5(4-6)7(8)9(11)12;5-3-1-2-4(6)7-3/h7-8,10-13H,9H2,1-6H3;2-3,8-10,12H,1,4-7H2;2-3,5-8H,4H2,1H3,(H,11,12);1-2H. The van der Waals surface area contributed by atoms with Gasteiger partial charge in [0.2, 0.25) is 0 Å². The summed E-state index contributed by atoms with van der Waals surface area (Å²) in [4.78, 5) is 78.7. The lowest BCUT2D eigenvalue weighted by Gasteiger charge is -2.30. The molecule has 11 unspecified atom stereocenters. The second kappa shape index (κ2) is 18.6. The predicted octanol–water partition coefficient (Wildman–Crippen LogP) is 4.54. The lowest BCUT2D eigenvalue weighted by molar-refractivity contribution is -0.173. The number of ether oxygens (including phenoxy) is 5. The molecule has 3 saturated carbocycles. The lowest BCUT2D eigenvalue weighted by Crippen LogP contribution is -2.40. The van der Waals surface area contributed by atoms with E-state index in [1.165, 1.54) is 7.11 Å². The molecule has 2 N–H and O–H groups in total. The molecule has 6 bridgehead atoms. The molecular weight excluding hydrogens is 728 g/mol. The van der Waals surface area contributed by atoms with Gasteiger partial charge in [-0.1, -0.05) is 36.5 Å². The molecule has 0 spiro atoms. The van der Waals surface area contributed by atoms with E-state index < -0.39 is 58.8 Å². The van der Waals surface area contributed by atoms with Crippen LogP contribution in [-0.2, 0) is 57.2 Å².